The minimum Gasteiger partial charge on any atom is -0.467 e. The molecule has 0 saturated heterocycles. The SMILES string of the molecule is O=C(NCc1ccco1)c1cc2c(s1)CCC2. The van der Waals surface area contributed by atoms with Gasteiger partial charge in [0.2, 0.25) is 0 Å². The lowest BCUT2D eigenvalue weighted by molar-refractivity contribution is 0.0952. The van der Waals surface area contributed by atoms with Gasteiger partial charge in [-0.15, -0.1) is 11.3 Å². The lowest BCUT2D eigenvalue weighted by atomic mass is 10.2. The van der Waals surface area contributed by atoms with E-state index < -0.39 is 0 Å². The Morgan fingerprint density at radius 3 is 3.18 bits per heavy atom. The van der Waals surface area contributed by atoms with Crippen molar-refractivity contribution < 1.29 is 9.21 Å². The van der Waals surface area contributed by atoms with Crippen LogP contribution in [0, 0.1) is 0 Å². The first-order valence-electron chi connectivity index (χ1n) is 5.75. The van der Waals surface area contributed by atoms with E-state index in [1.807, 2.05) is 18.2 Å². The summed E-state index contributed by atoms with van der Waals surface area (Å²) in [6.07, 6.45) is 5.10. The van der Waals surface area contributed by atoms with Gasteiger partial charge in [-0.25, -0.2) is 0 Å². The fraction of sp³-hybridized carbons (Fsp3) is 0.308. The number of aryl methyl sites for hydroxylation is 2. The molecule has 0 unspecified atom stereocenters. The maximum absolute atomic E-state index is 11.9. The lowest BCUT2D eigenvalue weighted by Crippen LogP contribution is -2.21. The largest absolute Gasteiger partial charge is 0.467 e. The molecule has 17 heavy (non-hydrogen) atoms. The summed E-state index contributed by atoms with van der Waals surface area (Å²) in [6, 6.07) is 5.71. The summed E-state index contributed by atoms with van der Waals surface area (Å²) in [6.45, 7) is 0.453. The molecule has 1 aliphatic carbocycles. The normalized spacial score (nSPS) is 13.6. The van der Waals surface area contributed by atoms with Gasteiger partial charge < -0.3 is 9.73 Å². The van der Waals surface area contributed by atoms with Crippen LogP contribution in [0.25, 0.3) is 0 Å². The summed E-state index contributed by atoms with van der Waals surface area (Å²) in [7, 11) is 0. The zero-order valence-corrected chi connectivity index (χ0v) is 10.2. The first kappa shape index (κ1) is 10.6. The predicted molar refractivity (Wildman–Crippen MR) is 66.2 cm³/mol. The zero-order chi connectivity index (χ0) is 11.7. The molecule has 0 atom stereocenters. The van der Waals surface area contributed by atoms with Crippen molar-refractivity contribution >= 4 is 17.2 Å². The first-order valence-corrected chi connectivity index (χ1v) is 6.57. The van der Waals surface area contributed by atoms with Gasteiger partial charge in [0.05, 0.1) is 17.7 Å². The van der Waals surface area contributed by atoms with Crippen LogP contribution in [0.5, 0.6) is 0 Å². The number of carbonyl (C=O) groups is 1. The second kappa shape index (κ2) is 4.37. The van der Waals surface area contributed by atoms with Crippen molar-refractivity contribution in [1.29, 1.82) is 0 Å². The fourth-order valence-corrected chi connectivity index (χ4v) is 3.28. The van der Waals surface area contributed by atoms with E-state index in [0.717, 1.165) is 23.5 Å². The van der Waals surface area contributed by atoms with Crippen LogP contribution in [0.2, 0.25) is 0 Å². The molecule has 0 fully saturated rings. The number of carbonyl (C=O) groups excluding carboxylic acids is 1. The molecule has 1 N–H and O–H groups in total. The molecule has 1 amide bonds. The highest BCUT2D eigenvalue weighted by molar-refractivity contribution is 7.14. The molecule has 4 heteroatoms. The van der Waals surface area contributed by atoms with E-state index in [9.17, 15) is 4.79 Å². The van der Waals surface area contributed by atoms with Gasteiger partial charge in [-0.3, -0.25) is 4.79 Å². The van der Waals surface area contributed by atoms with Crippen molar-refractivity contribution in [3.05, 3.63) is 45.5 Å². The minimum absolute atomic E-state index is 0.000741. The molecule has 0 radical (unpaired) electrons. The Labute approximate surface area is 103 Å². The molecule has 2 aromatic heterocycles. The van der Waals surface area contributed by atoms with E-state index in [1.54, 1.807) is 17.6 Å². The molecule has 88 valence electrons. The van der Waals surface area contributed by atoms with E-state index in [4.69, 9.17) is 4.42 Å². The third-order valence-corrected chi connectivity index (χ3v) is 4.21. The smallest absolute Gasteiger partial charge is 0.261 e. The third kappa shape index (κ3) is 2.13. The maximum Gasteiger partial charge on any atom is 0.261 e. The van der Waals surface area contributed by atoms with E-state index in [2.05, 4.69) is 5.32 Å². The molecular weight excluding hydrogens is 234 g/mol. The molecule has 0 spiro atoms. The maximum atomic E-state index is 11.9. The first-order chi connectivity index (χ1) is 8.33. The van der Waals surface area contributed by atoms with Crippen molar-refractivity contribution in [3.8, 4) is 0 Å². The van der Waals surface area contributed by atoms with E-state index in [-0.39, 0.29) is 5.91 Å². The van der Waals surface area contributed by atoms with E-state index in [1.165, 1.54) is 16.9 Å². The van der Waals surface area contributed by atoms with Crippen molar-refractivity contribution in [2.75, 3.05) is 0 Å². The summed E-state index contributed by atoms with van der Waals surface area (Å²) in [4.78, 5) is 14.1. The Balaban J connectivity index is 1.65. The Kier molecular flexibility index (Phi) is 2.73. The van der Waals surface area contributed by atoms with Crippen molar-refractivity contribution in [2.45, 2.75) is 25.8 Å². The third-order valence-electron chi connectivity index (χ3n) is 2.97. The topological polar surface area (TPSA) is 42.2 Å². The van der Waals surface area contributed by atoms with Crippen LogP contribution < -0.4 is 5.32 Å². The Morgan fingerprint density at radius 2 is 2.41 bits per heavy atom. The number of hydrogen-bond donors (Lipinski definition) is 1. The highest BCUT2D eigenvalue weighted by Crippen LogP contribution is 2.30. The number of amides is 1. The zero-order valence-electron chi connectivity index (χ0n) is 9.36. The average molecular weight is 247 g/mol. The average Bonchev–Trinajstić information content (AvgIpc) is 3.01. The molecule has 0 bridgehead atoms. The van der Waals surface area contributed by atoms with Gasteiger partial charge in [-0.2, -0.15) is 0 Å². The molecule has 2 heterocycles. The Bertz CT molecular complexity index is 506. The van der Waals surface area contributed by atoms with E-state index >= 15 is 0 Å². The lowest BCUT2D eigenvalue weighted by Gasteiger charge is -2.00. The van der Waals surface area contributed by atoms with Crippen molar-refractivity contribution in [2.24, 2.45) is 0 Å². The highest BCUT2D eigenvalue weighted by atomic mass is 32.1. The molecule has 1 aliphatic rings. The van der Waals surface area contributed by atoms with Gasteiger partial charge in [-0.1, -0.05) is 0 Å². The van der Waals surface area contributed by atoms with Crippen LogP contribution in [0.15, 0.2) is 28.9 Å². The molecule has 2 aromatic rings. The van der Waals surface area contributed by atoms with Gasteiger partial charge in [0.15, 0.2) is 0 Å². The molecule has 0 aromatic carbocycles. The number of furan rings is 1. The van der Waals surface area contributed by atoms with Crippen LogP contribution in [-0.4, -0.2) is 5.91 Å². The van der Waals surface area contributed by atoms with Crippen LogP contribution in [0.3, 0.4) is 0 Å². The summed E-state index contributed by atoms with van der Waals surface area (Å²) in [5.41, 5.74) is 1.36. The molecule has 3 nitrogen and oxygen atoms in total. The fourth-order valence-electron chi connectivity index (χ4n) is 2.11. The number of nitrogens with one attached hydrogen (secondary N) is 1. The molecule has 3 rings (SSSR count). The van der Waals surface area contributed by atoms with Crippen molar-refractivity contribution in [3.63, 3.8) is 0 Å². The number of thiophene rings is 1. The van der Waals surface area contributed by atoms with E-state index in [0.29, 0.717) is 6.54 Å². The molecular formula is C13H13NO2S. The Hall–Kier alpha value is -1.55. The summed E-state index contributed by atoms with van der Waals surface area (Å²) < 4.78 is 5.17. The quantitative estimate of drug-likeness (QED) is 0.906. The van der Waals surface area contributed by atoms with Crippen LogP contribution >= 0.6 is 11.3 Å². The minimum atomic E-state index is 0.000741. The number of fused-ring (bicyclic) bond motifs is 1. The summed E-state index contributed by atoms with van der Waals surface area (Å²) in [5, 5.41) is 2.87. The van der Waals surface area contributed by atoms with Crippen LogP contribution in [0.1, 0.15) is 32.3 Å². The van der Waals surface area contributed by atoms with Gasteiger partial charge in [0, 0.05) is 4.88 Å². The predicted octanol–water partition coefficient (Wildman–Crippen LogP) is 2.76. The molecule has 0 saturated carbocycles. The standard InChI is InChI=1S/C13H13NO2S/c15-13(14-8-10-4-2-6-16-10)12-7-9-3-1-5-11(9)17-12/h2,4,6-7H,1,3,5,8H2,(H,14,15). The molecule has 0 aliphatic heterocycles. The number of hydrogen-bond acceptors (Lipinski definition) is 3. The highest BCUT2D eigenvalue weighted by Gasteiger charge is 2.18. The van der Waals surface area contributed by atoms with Gasteiger partial charge in [0.25, 0.3) is 5.91 Å². The second-order valence-electron chi connectivity index (χ2n) is 4.17. The summed E-state index contributed by atoms with van der Waals surface area (Å²) >= 11 is 1.62. The van der Waals surface area contributed by atoms with Crippen LogP contribution in [0.4, 0.5) is 0 Å². The van der Waals surface area contributed by atoms with Crippen molar-refractivity contribution in [1.82, 2.24) is 5.32 Å². The second-order valence-corrected chi connectivity index (χ2v) is 5.31. The summed E-state index contributed by atoms with van der Waals surface area (Å²) in [5.74, 6) is 0.781. The van der Waals surface area contributed by atoms with Gasteiger partial charge >= 0.3 is 0 Å². The monoisotopic (exact) mass is 247 g/mol. The number of rotatable bonds is 3. The van der Waals surface area contributed by atoms with Crippen LogP contribution in [-0.2, 0) is 19.4 Å². The van der Waals surface area contributed by atoms with Gasteiger partial charge in [-0.05, 0) is 43.0 Å². The Morgan fingerprint density at radius 1 is 1.47 bits per heavy atom. The van der Waals surface area contributed by atoms with Gasteiger partial charge in [0.1, 0.15) is 5.76 Å².